The van der Waals surface area contributed by atoms with E-state index in [9.17, 15) is 4.39 Å². The van der Waals surface area contributed by atoms with Crippen molar-refractivity contribution < 1.29 is 13.2 Å². The third-order valence-electron chi connectivity index (χ3n) is 8.16. The molecule has 0 bridgehead atoms. The lowest BCUT2D eigenvalue weighted by molar-refractivity contribution is 0.111. The summed E-state index contributed by atoms with van der Waals surface area (Å²) in [7, 11) is 0. The van der Waals surface area contributed by atoms with E-state index in [1.807, 2.05) is 0 Å². The first-order valence-electron chi connectivity index (χ1n) is 12.7. The molecule has 0 radical (unpaired) electrons. The fourth-order valence-corrected chi connectivity index (χ4v) is 6.47. The highest BCUT2D eigenvalue weighted by Crippen LogP contribution is 2.49. The normalized spacial score (nSPS) is 25.6. The van der Waals surface area contributed by atoms with Gasteiger partial charge in [-0.3, -0.25) is 0 Å². The maximum Gasteiger partial charge on any atom is 0.140 e. The summed E-state index contributed by atoms with van der Waals surface area (Å²) in [5.74, 6) is 0.173. The Morgan fingerprint density at radius 1 is 0.938 bits per heavy atom. The summed E-state index contributed by atoms with van der Waals surface area (Å²) in [4.78, 5) is 0. The van der Waals surface area contributed by atoms with E-state index < -0.39 is 17.5 Å². The molecule has 2 aliphatic rings. The van der Waals surface area contributed by atoms with Crippen LogP contribution in [0.1, 0.15) is 94.6 Å². The van der Waals surface area contributed by atoms with Crippen molar-refractivity contribution in [1.29, 1.82) is 0 Å². The Kier molecular flexibility index (Phi) is 7.63. The number of fused-ring (bicyclic) bond motifs is 2. The molecular weight excluding hydrogens is 405 g/mol. The van der Waals surface area contributed by atoms with Crippen molar-refractivity contribution in [1.82, 2.24) is 0 Å². The molecule has 0 N–H and O–H groups in total. The van der Waals surface area contributed by atoms with Crippen molar-refractivity contribution in [3.05, 3.63) is 59.4 Å². The number of rotatable bonds is 8. The number of aryl methyl sites for hydroxylation is 1. The number of hydrogen-bond donors (Lipinski definition) is 0. The molecule has 0 amide bonds. The zero-order chi connectivity index (χ0) is 22.7. The molecule has 0 nitrogen and oxygen atoms in total. The van der Waals surface area contributed by atoms with Crippen LogP contribution < -0.4 is 0 Å². The maximum absolute atomic E-state index is 15.5. The first-order valence-corrected chi connectivity index (χ1v) is 12.7. The van der Waals surface area contributed by atoms with Gasteiger partial charge in [-0.2, -0.15) is 0 Å². The van der Waals surface area contributed by atoms with Gasteiger partial charge in [0.1, 0.15) is 17.5 Å². The van der Waals surface area contributed by atoms with Gasteiger partial charge in [-0.15, -0.1) is 6.58 Å². The van der Waals surface area contributed by atoms with Crippen molar-refractivity contribution >= 4 is 10.8 Å². The van der Waals surface area contributed by atoms with Crippen LogP contribution in [-0.2, 0) is 6.42 Å². The number of unbranched alkanes of at least 4 members (excludes halogenated alkanes) is 2. The number of hydrogen-bond acceptors (Lipinski definition) is 0. The highest BCUT2D eigenvalue weighted by Gasteiger charge is 2.37. The van der Waals surface area contributed by atoms with E-state index in [1.165, 1.54) is 57.1 Å². The van der Waals surface area contributed by atoms with E-state index in [0.717, 1.165) is 30.7 Å². The second kappa shape index (κ2) is 10.4. The maximum atomic E-state index is 15.5. The Balaban J connectivity index is 1.52. The minimum Gasteiger partial charge on any atom is -0.207 e. The summed E-state index contributed by atoms with van der Waals surface area (Å²) < 4.78 is 45.5. The summed E-state index contributed by atoms with van der Waals surface area (Å²) in [6.07, 6.45) is 14.7. The predicted molar refractivity (Wildman–Crippen MR) is 127 cm³/mol. The van der Waals surface area contributed by atoms with Crippen molar-refractivity contribution in [2.45, 2.75) is 89.9 Å². The van der Waals surface area contributed by atoms with E-state index in [1.54, 1.807) is 12.1 Å². The molecular formula is C29H37F3. The molecule has 2 aromatic carbocycles. The lowest BCUT2D eigenvalue weighted by Gasteiger charge is -2.42. The SMILES string of the molecule is C=CCCc1cc(F)c2c(F)c([C@@H]3CC[C@@H]4CC(CCCCC)CCC4C3)c(F)cc2c1. The molecule has 2 fully saturated rings. The fourth-order valence-electron chi connectivity index (χ4n) is 6.47. The van der Waals surface area contributed by atoms with Gasteiger partial charge in [-0.25, -0.2) is 13.2 Å². The topological polar surface area (TPSA) is 0 Å². The molecule has 174 valence electrons. The molecule has 2 aromatic rings. The average molecular weight is 443 g/mol. The van der Waals surface area contributed by atoms with E-state index in [4.69, 9.17) is 0 Å². The van der Waals surface area contributed by atoms with E-state index in [-0.39, 0.29) is 16.9 Å². The third kappa shape index (κ3) is 4.92. The Morgan fingerprint density at radius 3 is 2.50 bits per heavy atom. The van der Waals surface area contributed by atoms with Crippen LogP contribution in [0.4, 0.5) is 13.2 Å². The molecule has 2 unspecified atom stereocenters. The van der Waals surface area contributed by atoms with Gasteiger partial charge in [0, 0.05) is 5.56 Å². The van der Waals surface area contributed by atoms with E-state index in [0.29, 0.717) is 30.1 Å². The third-order valence-corrected chi connectivity index (χ3v) is 8.16. The lowest BCUT2D eigenvalue weighted by atomic mass is 9.63. The number of allylic oxidation sites excluding steroid dienone is 1. The summed E-state index contributed by atoms with van der Waals surface area (Å²) in [5, 5.41) is 0.273. The summed E-state index contributed by atoms with van der Waals surface area (Å²) >= 11 is 0. The van der Waals surface area contributed by atoms with Crippen molar-refractivity contribution in [2.75, 3.05) is 0 Å². The van der Waals surface area contributed by atoms with Gasteiger partial charge < -0.3 is 0 Å². The molecule has 0 aromatic heterocycles. The van der Waals surface area contributed by atoms with Gasteiger partial charge in [0.15, 0.2) is 0 Å². The average Bonchev–Trinajstić information content (AvgIpc) is 2.77. The summed E-state index contributed by atoms with van der Waals surface area (Å²) in [6.45, 7) is 5.93. The standard InChI is InChI=1S/C29H37F3/c1-3-5-7-9-19-10-11-22-17-23(13-12-21(22)14-19)27-26(31)18-24-15-20(8-6-4-2)16-25(30)28(24)29(27)32/h4,15-16,18-19,21-23H,2-3,5-14,17H2,1H3/t19?,21-,22?,23-/m1/s1. The highest BCUT2D eigenvalue weighted by atomic mass is 19.1. The molecule has 0 saturated heterocycles. The Morgan fingerprint density at radius 2 is 1.72 bits per heavy atom. The van der Waals surface area contributed by atoms with E-state index in [2.05, 4.69) is 13.5 Å². The Hall–Kier alpha value is -1.77. The van der Waals surface area contributed by atoms with Crippen molar-refractivity contribution in [3.8, 4) is 0 Å². The van der Waals surface area contributed by atoms with Crippen LogP contribution in [0, 0.1) is 35.2 Å². The van der Waals surface area contributed by atoms with Crippen molar-refractivity contribution in [2.24, 2.45) is 17.8 Å². The second-order valence-electron chi connectivity index (χ2n) is 10.3. The predicted octanol–water partition coefficient (Wildman–Crippen LogP) is 9.26. The fraction of sp³-hybridized carbons (Fsp3) is 0.586. The number of benzene rings is 2. The molecule has 0 spiro atoms. The van der Waals surface area contributed by atoms with Crippen molar-refractivity contribution in [3.63, 3.8) is 0 Å². The molecule has 0 heterocycles. The van der Waals surface area contributed by atoms with Crippen LogP contribution >= 0.6 is 0 Å². The minimum atomic E-state index is -0.676. The Bertz CT molecular complexity index is 947. The molecule has 3 heteroatoms. The molecule has 4 atom stereocenters. The van der Waals surface area contributed by atoms with Crippen LogP contribution in [0.2, 0.25) is 0 Å². The first kappa shape index (κ1) is 23.4. The Labute approximate surface area is 191 Å². The van der Waals surface area contributed by atoms with Gasteiger partial charge in [-0.05, 0) is 91.7 Å². The highest BCUT2D eigenvalue weighted by molar-refractivity contribution is 5.85. The zero-order valence-corrected chi connectivity index (χ0v) is 19.4. The van der Waals surface area contributed by atoms with Gasteiger partial charge >= 0.3 is 0 Å². The van der Waals surface area contributed by atoms with Crippen LogP contribution in [-0.4, -0.2) is 0 Å². The summed E-state index contributed by atoms with van der Waals surface area (Å²) in [5.41, 5.74) is 0.872. The van der Waals surface area contributed by atoms with Crippen LogP contribution in [0.5, 0.6) is 0 Å². The smallest absolute Gasteiger partial charge is 0.140 e. The van der Waals surface area contributed by atoms with Crippen LogP contribution in [0.3, 0.4) is 0 Å². The molecule has 2 saturated carbocycles. The van der Waals surface area contributed by atoms with E-state index >= 15 is 8.78 Å². The molecule has 0 aliphatic heterocycles. The van der Waals surface area contributed by atoms with Gasteiger partial charge in [0.05, 0.1) is 5.39 Å². The quantitative estimate of drug-likeness (QED) is 0.282. The van der Waals surface area contributed by atoms with Crippen LogP contribution in [0.25, 0.3) is 10.8 Å². The summed E-state index contributed by atoms with van der Waals surface area (Å²) in [6, 6.07) is 4.47. The molecule has 2 aliphatic carbocycles. The van der Waals surface area contributed by atoms with Gasteiger partial charge in [0.2, 0.25) is 0 Å². The lowest BCUT2D eigenvalue weighted by Crippen LogP contribution is -2.31. The monoisotopic (exact) mass is 442 g/mol. The zero-order valence-electron chi connectivity index (χ0n) is 19.4. The minimum absolute atomic E-state index is 0.0505. The van der Waals surface area contributed by atoms with Gasteiger partial charge in [-0.1, -0.05) is 51.2 Å². The number of halogens is 3. The van der Waals surface area contributed by atoms with Gasteiger partial charge in [0.25, 0.3) is 0 Å². The second-order valence-corrected chi connectivity index (χ2v) is 10.3. The molecule has 4 rings (SSSR count). The molecule has 32 heavy (non-hydrogen) atoms. The largest absolute Gasteiger partial charge is 0.207 e. The van der Waals surface area contributed by atoms with Crippen LogP contribution in [0.15, 0.2) is 30.9 Å². The first-order chi connectivity index (χ1) is 15.5.